The van der Waals surface area contributed by atoms with Crippen LogP contribution in [0.15, 0.2) is 71.7 Å². The number of phenols is 1. The summed E-state index contributed by atoms with van der Waals surface area (Å²) in [7, 11) is -3.02. The minimum absolute atomic E-state index is 0.0284. The fraction of sp³-hybridized carbons (Fsp3) is 0.160. The van der Waals surface area contributed by atoms with Crippen molar-refractivity contribution in [2.75, 3.05) is 12.5 Å². The quantitative estimate of drug-likeness (QED) is 0.0930. The molecule has 3 rings (SSSR count). The molecule has 0 aliphatic heterocycles. The number of nitrogens with one attached hydrogen (secondary N) is 2. The standard InChI is InChI=1S/C25H27N3O6S/c1-3-23(17-6-10-21(30)11-7-17)25(18-8-12-22(13-9-18)34-35(31,32)33)19-4-5-20(15-29)24(14-19)28-27-16-26-2/h4-14,16,28-30H,3,15H2,1-2H3,(H,26,27)(H,31,32,33)/b25-23+. The normalized spacial score (nSPS) is 12.3. The summed E-state index contributed by atoms with van der Waals surface area (Å²) in [6.45, 7) is 1.84. The Kier molecular flexibility index (Phi) is 8.48. The molecule has 5 N–H and O–H groups in total. The van der Waals surface area contributed by atoms with Gasteiger partial charge in [0.25, 0.3) is 0 Å². The summed E-state index contributed by atoms with van der Waals surface area (Å²) in [5.41, 5.74) is 11.5. The maximum Gasteiger partial charge on any atom is 0.446 e. The lowest BCUT2D eigenvalue weighted by Crippen LogP contribution is -2.20. The number of nitrogens with zero attached hydrogens (tertiary/aromatic N) is 1. The Morgan fingerprint density at radius 1 is 1.00 bits per heavy atom. The minimum atomic E-state index is -4.64. The molecule has 10 heteroatoms. The number of rotatable bonds is 10. The van der Waals surface area contributed by atoms with Gasteiger partial charge in [-0.3, -0.25) is 20.4 Å². The number of aliphatic hydroxyl groups is 1. The number of hydrogen-bond donors (Lipinski definition) is 5. The van der Waals surface area contributed by atoms with Crippen LogP contribution in [-0.4, -0.2) is 36.6 Å². The fourth-order valence-electron chi connectivity index (χ4n) is 3.66. The first-order chi connectivity index (χ1) is 16.8. The van der Waals surface area contributed by atoms with Crippen molar-refractivity contribution in [3.63, 3.8) is 0 Å². The van der Waals surface area contributed by atoms with Crippen LogP contribution < -0.4 is 15.0 Å². The molecule has 0 bridgehead atoms. The van der Waals surface area contributed by atoms with Gasteiger partial charge in [-0.2, -0.15) is 8.42 Å². The van der Waals surface area contributed by atoms with Gasteiger partial charge in [-0.1, -0.05) is 43.3 Å². The van der Waals surface area contributed by atoms with Crippen LogP contribution in [0.5, 0.6) is 11.5 Å². The number of allylic oxidation sites excluding steroid dienone is 1. The van der Waals surface area contributed by atoms with Crippen molar-refractivity contribution in [1.82, 2.24) is 5.43 Å². The molecule has 3 aromatic carbocycles. The molecule has 0 fully saturated rings. The van der Waals surface area contributed by atoms with Gasteiger partial charge in [0.05, 0.1) is 12.3 Å². The Morgan fingerprint density at radius 3 is 2.20 bits per heavy atom. The Labute approximate surface area is 204 Å². The van der Waals surface area contributed by atoms with Gasteiger partial charge in [-0.05, 0) is 64.6 Å². The van der Waals surface area contributed by atoms with E-state index in [1.807, 2.05) is 37.3 Å². The maximum absolute atomic E-state index is 11.1. The largest absolute Gasteiger partial charge is 0.508 e. The lowest BCUT2D eigenvalue weighted by atomic mass is 9.87. The molecule has 35 heavy (non-hydrogen) atoms. The summed E-state index contributed by atoms with van der Waals surface area (Å²) in [6, 6.07) is 18.7. The van der Waals surface area contributed by atoms with Gasteiger partial charge in [-0.25, -0.2) is 0 Å². The molecule has 184 valence electrons. The lowest BCUT2D eigenvalue weighted by Gasteiger charge is -2.19. The smallest absolute Gasteiger partial charge is 0.446 e. The molecule has 0 heterocycles. The summed E-state index contributed by atoms with van der Waals surface area (Å²) in [4.78, 5) is 3.87. The van der Waals surface area contributed by atoms with Crippen LogP contribution >= 0.6 is 0 Å². The lowest BCUT2D eigenvalue weighted by molar-refractivity contribution is 0.282. The zero-order chi connectivity index (χ0) is 25.4. The predicted molar refractivity (Wildman–Crippen MR) is 136 cm³/mol. The Bertz CT molecular complexity index is 1320. The van der Waals surface area contributed by atoms with Crippen LogP contribution in [0.2, 0.25) is 0 Å². The van der Waals surface area contributed by atoms with Crippen molar-refractivity contribution in [1.29, 1.82) is 0 Å². The number of benzene rings is 3. The third-order valence-corrected chi connectivity index (χ3v) is 5.59. The van der Waals surface area contributed by atoms with Gasteiger partial charge in [0, 0.05) is 12.6 Å². The first kappa shape index (κ1) is 25.8. The second-order valence-electron chi connectivity index (χ2n) is 7.48. The highest BCUT2D eigenvalue weighted by Crippen LogP contribution is 2.37. The average Bonchev–Trinajstić information content (AvgIpc) is 2.83. The van der Waals surface area contributed by atoms with Crippen LogP contribution in [0, 0.1) is 0 Å². The van der Waals surface area contributed by atoms with Crippen molar-refractivity contribution in [3.05, 3.63) is 89.0 Å². The average molecular weight is 498 g/mol. The molecule has 3 aromatic rings. The molecule has 0 saturated heterocycles. The highest BCUT2D eigenvalue weighted by molar-refractivity contribution is 7.81. The van der Waals surface area contributed by atoms with Crippen molar-refractivity contribution in [3.8, 4) is 11.5 Å². The molecular weight excluding hydrogens is 470 g/mol. The van der Waals surface area contributed by atoms with Crippen molar-refractivity contribution >= 4 is 33.6 Å². The van der Waals surface area contributed by atoms with Crippen LogP contribution in [0.3, 0.4) is 0 Å². The second kappa shape index (κ2) is 11.5. The van der Waals surface area contributed by atoms with Gasteiger partial charge in [0.15, 0.2) is 0 Å². The van der Waals surface area contributed by atoms with Crippen LogP contribution in [0.4, 0.5) is 5.69 Å². The van der Waals surface area contributed by atoms with Crippen LogP contribution in [0.1, 0.15) is 35.6 Å². The van der Waals surface area contributed by atoms with E-state index in [4.69, 9.17) is 4.55 Å². The number of phenolic OH excluding ortho intramolecular Hbond substituents is 1. The van der Waals surface area contributed by atoms with E-state index < -0.39 is 10.4 Å². The maximum atomic E-state index is 11.1. The van der Waals surface area contributed by atoms with E-state index >= 15 is 0 Å². The Hall–Kier alpha value is -3.86. The summed E-state index contributed by atoms with van der Waals surface area (Å²) in [5, 5.41) is 19.5. The first-order valence-electron chi connectivity index (χ1n) is 10.7. The monoisotopic (exact) mass is 497 g/mol. The van der Waals surface area contributed by atoms with Gasteiger partial charge in [-0.15, -0.1) is 0 Å². The molecule has 0 aliphatic carbocycles. The van der Waals surface area contributed by atoms with Crippen molar-refractivity contribution in [2.45, 2.75) is 20.0 Å². The molecule has 9 nitrogen and oxygen atoms in total. The van der Waals surface area contributed by atoms with E-state index in [0.717, 1.165) is 27.8 Å². The molecule has 0 aliphatic rings. The molecule has 0 amide bonds. The van der Waals surface area contributed by atoms with Crippen molar-refractivity contribution in [2.24, 2.45) is 4.99 Å². The summed E-state index contributed by atoms with van der Waals surface area (Å²) in [5.74, 6) is 0.124. The highest BCUT2D eigenvalue weighted by Gasteiger charge is 2.16. The molecule has 0 aromatic heterocycles. The zero-order valence-corrected chi connectivity index (χ0v) is 20.1. The molecule has 0 radical (unpaired) electrons. The van der Waals surface area contributed by atoms with Crippen molar-refractivity contribution < 1.29 is 27.4 Å². The van der Waals surface area contributed by atoms with Gasteiger partial charge in [0.1, 0.15) is 17.8 Å². The number of aliphatic imine (C=N–C) groups is 1. The van der Waals surface area contributed by atoms with E-state index in [1.54, 1.807) is 31.3 Å². The minimum Gasteiger partial charge on any atom is -0.508 e. The molecule has 0 spiro atoms. The van der Waals surface area contributed by atoms with E-state index in [-0.39, 0.29) is 18.1 Å². The molecular formula is C25H27N3O6S. The number of anilines is 1. The molecule has 0 saturated carbocycles. The summed E-state index contributed by atoms with van der Waals surface area (Å²) < 4.78 is 35.7. The second-order valence-corrected chi connectivity index (χ2v) is 8.50. The van der Waals surface area contributed by atoms with Gasteiger partial charge < -0.3 is 14.4 Å². The topological polar surface area (TPSA) is 140 Å². The number of hydrazine groups is 1. The van der Waals surface area contributed by atoms with Crippen LogP contribution in [-0.2, 0) is 17.0 Å². The first-order valence-corrected chi connectivity index (χ1v) is 12.1. The number of aliphatic hydroxyl groups excluding tert-OH is 1. The summed E-state index contributed by atoms with van der Waals surface area (Å²) in [6.07, 6.45) is 2.13. The highest BCUT2D eigenvalue weighted by atomic mass is 32.3. The van der Waals surface area contributed by atoms with Crippen LogP contribution in [0.25, 0.3) is 11.1 Å². The number of hydrogen-bond acceptors (Lipinski definition) is 7. The zero-order valence-electron chi connectivity index (χ0n) is 19.3. The predicted octanol–water partition coefficient (Wildman–Crippen LogP) is 4.01. The number of aromatic hydroxyl groups is 1. The van der Waals surface area contributed by atoms with E-state index in [1.165, 1.54) is 18.5 Å². The van der Waals surface area contributed by atoms with Gasteiger partial charge in [0.2, 0.25) is 0 Å². The summed E-state index contributed by atoms with van der Waals surface area (Å²) >= 11 is 0. The Balaban J connectivity index is 2.20. The van der Waals surface area contributed by atoms with E-state index in [9.17, 15) is 18.6 Å². The third-order valence-electron chi connectivity index (χ3n) is 5.18. The van der Waals surface area contributed by atoms with Gasteiger partial charge >= 0.3 is 10.4 Å². The van der Waals surface area contributed by atoms with E-state index in [2.05, 4.69) is 20.0 Å². The third kappa shape index (κ3) is 6.82. The fourth-order valence-corrected chi connectivity index (χ4v) is 4.02. The molecule has 0 unspecified atom stereocenters. The molecule has 0 atom stereocenters. The van der Waals surface area contributed by atoms with E-state index in [0.29, 0.717) is 17.7 Å². The Morgan fingerprint density at radius 2 is 1.63 bits per heavy atom. The SMILES string of the molecule is CC/C(=C(/c1ccc(OS(=O)(=O)O)cc1)c1ccc(CO)c(NNC=NC)c1)c1ccc(O)cc1.